The van der Waals surface area contributed by atoms with E-state index in [4.69, 9.17) is 4.11 Å². The van der Waals surface area contributed by atoms with Gasteiger partial charge in [0.05, 0.1) is 4.11 Å². The van der Waals surface area contributed by atoms with Crippen LogP contribution in [0.5, 0.6) is 0 Å². The first-order chi connectivity index (χ1) is 4.20. The third kappa shape index (κ3) is 0.549. The molecule has 0 fully saturated rings. The minimum atomic E-state index is -0.0778. The summed E-state index contributed by atoms with van der Waals surface area (Å²) in [6.07, 6.45) is 1.17. The topological polar surface area (TPSA) is 12.9 Å². The first kappa shape index (κ1) is 1.34. The van der Waals surface area contributed by atoms with Crippen molar-refractivity contribution in [2.24, 2.45) is 0 Å². The van der Waals surface area contributed by atoms with Gasteiger partial charge in [0, 0.05) is 12.4 Å². The van der Waals surface area contributed by atoms with Crippen molar-refractivity contribution in [1.29, 1.82) is 0 Å². The van der Waals surface area contributed by atoms with Gasteiger partial charge in [0.2, 0.25) is 0 Å². The molecule has 0 aromatic carbocycles. The molecule has 0 bridgehead atoms. The van der Waals surface area contributed by atoms with E-state index in [9.17, 15) is 0 Å². The molecule has 1 heterocycles. The Balaban J connectivity index is 3.17. The molecule has 1 aromatic heterocycles. The number of pyridine rings is 1. The summed E-state index contributed by atoms with van der Waals surface area (Å²) >= 11 is 0. The number of hydrogen-bond acceptors (Lipinski definition) is 1. The Morgan fingerprint density at radius 1 is 1.50 bits per heavy atom. The van der Waals surface area contributed by atoms with Gasteiger partial charge >= 0.3 is 0 Å². The molecule has 0 unspecified atom stereocenters. The van der Waals surface area contributed by atoms with Crippen LogP contribution in [0.2, 0.25) is 0 Å². The molecule has 1 nitrogen and oxygen atoms in total. The highest BCUT2D eigenvalue weighted by Crippen LogP contribution is 1.73. The molecular formula is C5H5N. The summed E-state index contributed by atoms with van der Waals surface area (Å²) in [5, 5.41) is 0. The monoisotopic (exact) mass is 82.1 g/mol. The molecule has 0 saturated heterocycles. The Labute approximate surface area is 40.9 Å². The molecule has 1 rings (SSSR count). The first-order valence-electron chi connectivity index (χ1n) is 3.10. The number of aromatic nitrogens is 1. The third-order valence-corrected chi connectivity index (χ3v) is 0.424. The summed E-state index contributed by atoms with van der Waals surface area (Å²) in [5.41, 5.74) is 0. The van der Waals surface area contributed by atoms with Crippen LogP contribution in [0.4, 0.5) is 0 Å². The van der Waals surface area contributed by atoms with Gasteiger partial charge in [-0.2, -0.15) is 0 Å². The molecule has 0 N–H and O–H groups in total. The van der Waals surface area contributed by atoms with Crippen molar-refractivity contribution in [3.05, 3.63) is 30.5 Å². The molecule has 0 atom stereocenters. The Kier molecular flexibility index (Phi) is 0.346. The summed E-state index contributed by atoms with van der Waals surface area (Å²) in [4.78, 5) is 3.47. The summed E-state index contributed by atoms with van der Waals surface area (Å²) in [6.45, 7) is 0. The fraction of sp³-hybridized carbons (Fsp3) is 0. The molecule has 0 saturated carbocycles. The summed E-state index contributed by atoms with van der Waals surface area (Å²) in [5.74, 6) is 0. The molecule has 0 amide bonds. The van der Waals surface area contributed by atoms with E-state index in [1.807, 2.05) is 0 Å². The van der Waals surface area contributed by atoms with Gasteiger partial charge in [0.15, 0.2) is 0 Å². The third-order valence-electron chi connectivity index (χ3n) is 0.424. The van der Waals surface area contributed by atoms with E-state index in [2.05, 4.69) is 4.98 Å². The lowest BCUT2D eigenvalue weighted by Gasteiger charge is -1.70. The second-order valence-corrected chi connectivity index (χ2v) is 0.825. The van der Waals surface area contributed by atoms with E-state index in [0.29, 0.717) is 0 Å². The van der Waals surface area contributed by atoms with Crippen LogP contribution in [0.1, 0.15) is 4.11 Å². The van der Waals surface area contributed by atoms with Gasteiger partial charge in [-0.1, -0.05) is 6.07 Å². The lowest BCUT2D eigenvalue weighted by Crippen LogP contribution is -1.58. The SMILES string of the molecule is [2H]c1cnc([2H])c([2H])c1. The van der Waals surface area contributed by atoms with E-state index in [-0.39, 0.29) is 18.3 Å². The van der Waals surface area contributed by atoms with Crippen LogP contribution in [0.25, 0.3) is 0 Å². The van der Waals surface area contributed by atoms with E-state index < -0.39 is 0 Å². The molecule has 1 aromatic rings. The van der Waals surface area contributed by atoms with Gasteiger partial charge in [-0.3, -0.25) is 4.98 Å². The van der Waals surface area contributed by atoms with Gasteiger partial charge in [0.25, 0.3) is 0 Å². The van der Waals surface area contributed by atoms with Crippen LogP contribution in [0, 0.1) is 0 Å². The standard InChI is InChI=1S/C5H5N/c1-2-4-6-5-3-1/h1-5H/i2D,3D,4D. The van der Waals surface area contributed by atoms with Crippen molar-refractivity contribution < 1.29 is 4.11 Å². The van der Waals surface area contributed by atoms with E-state index >= 15 is 0 Å². The lowest BCUT2D eigenvalue weighted by molar-refractivity contribution is 1.33. The van der Waals surface area contributed by atoms with Crippen LogP contribution < -0.4 is 0 Å². The van der Waals surface area contributed by atoms with Gasteiger partial charge in [-0.25, -0.2) is 0 Å². The molecule has 0 aliphatic heterocycles. The maximum atomic E-state index is 6.99. The van der Waals surface area contributed by atoms with Gasteiger partial charge < -0.3 is 0 Å². The molecular weight excluding hydrogens is 74.1 g/mol. The normalized spacial score (nSPS) is 15.0. The Morgan fingerprint density at radius 3 is 3.17 bits per heavy atom. The predicted octanol–water partition coefficient (Wildman–Crippen LogP) is 1.08. The Hall–Kier alpha value is -0.850. The number of hydrogen-bond donors (Lipinski definition) is 0. The lowest BCUT2D eigenvalue weighted by atomic mass is 10.5. The zero-order valence-corrected chi connectivity index (χ0v) is 3.10. The molecule has 0 spiro atoms. The minimum Gasteiger partial charge on any atom is -0.265 e. The fourth-order valence-electron chi connectivity index (χ4n) is 0.218. The molecule has 1 heteroatoms. The molecule has 0 aliphatic rings. The molecule has 0 radical (unpaired) electrons. The quantitative estimate of drug-likeness (QED) is 0.456. The zero-order chi connectivity index (χ0) is 6.85. The van der Waals surface area contributed by atoms with E-state index in [0.717, 1.165) is 0 Å². The Morgan fingerprint density at radius 2 is 2.50 bits per heavy atom. The second kappa shape index (κ2) is 1.55. The van der Waals surface area contributed by atoms with Crippen LogP contribution in [0.15, 0.2) is 30.5 Å². The summed E-state index contributed by atoms with van der Waals surface area (Å²) in [7, 11) is 0. The highest BCUT2D eigenvalue weighted by molar-refractivity contribution is 4.88. The van der Waals surface area contributed by atoms with Crippen molar-refractivity contribution in [2.75, 3.05) is 0 Å². The van der Waals surface area contributed by atoms with Crippen molar-refractivity contribution in [3.8, 4) is 0 Å². The van der Waals surface area contributed by atoms with Crippen molar-refractivity contribution in [3.63, 3.8) is 0 Å². The highest BCUT2D eigenvalue weighted by Gasteiger charge is 1.58. The van der Waals surface area contributed by atoms with Crippen molar-refractivity contribution >= 4 is 0 Å². The van der Waals surface area contributed by atoms with Gasteiger partial charge in [0.1, 0.15) is 0 Å². The fourth-order valence-corrected chi connectivity index (χ4v) is 0.218. The highest BCUT2D eigenvalue weighted by atomic mass is 14.6. The predicted molar refractivity (Wildman–Crippen MR) is 24.2 cm³/mol. The minimum absolute atomic E-state index is 0.00231. The average Bonchev–Trinajstić information content (AvgIpc) is 1.80. The zero-order valence-electron chi connectivity index (χ0n) is 6.10. The van der Waals surface area contributed by atoms with E-state index in [1.54, 1.807) is 0 Å². The summed E-state index contributed by atoms with van der Waals surface area (Å²) < 4.78 is 20.9. The van der Waals surface area contributed by atoms with E-state index in [1.165, 1.54) is 12.3 Å². The van der Waals surface area contributed by atoms with Gasteiger partial charge in [-0.15, -0.1) is 0 Å². The first-order valence-corrected chi connectivity index (χ1v) is 1.60. The smallest absolute Gasteiger partial charge is 0.0840 e. The largest absolute Gasteiger partial charge is 0.265 e. The van der Waals surface area contributed by atoms with Crippen LogP contribution >= 0.6 is 0 Å². The Bertz CT molecular complexity index is 223. The molecule has 6 heavy (non-hydrogen) atoms. The molecule has 30 valence electrons. The average molecular weight is 82.1 g/mol. The summed E-state index contributed by atoms with van der Waals surface area (Å²) in [6, 6.07) is 1.47. The van der Waals surface area contributed by atoms with Gasteiger partial charge in [-0.05, 0) is 12.1 Å². The van der Waals surface area contributed by atoms with Crippen LogP contribution in [-0.2, 0) is 0 Å². The van der Waals surface area contributed by atoms with Crippen molar-refractivity contribution in [1.82, 2.24) is 4.98 Å². The second-order valence-electron chi connectivity index (χ2n) is 0.825. The van der Waals surface area contributed by atoms with Crippen molar-refractivity contribution in [2.45, 2.75) is 0 Å². The number of nitrogens with zero attached hydrogens (tertiary/aromatic N) is 1. The maximum Gasteiger partial charge on any atom is 0.0840 e. The number of rotatable bonds is 0. The van der Waals surface area contributed by atoms with Crippen LogP contribution in [0.3, 0.4) is 0 Å². The van der Waals surface area contributed by atoms with Crippen LogP contribution in [-0.4, -0.2) is 4.98 Å². The molecule has 0 aliphatic carbocycles. The maximum absolute atomic E-state index is 6.99.